The van der Waals surface area contributed by atoms with Crippen LogP contribution in [0.5, 0.6) is 5.75 Å². The van der Waals surface area contributed by atoms with Crippen LogP contribution in [0.2, 0.25) is 0 Å². The van der Waals surface area contributed by atoms with Gasteiger partial charge in [0, 0.05) is 20.0 Å². The summed E-state index contributed by atoms with van der Waals surface area (Å²) in [5.74, 6) is 0.137. The van der Waals surface area contributed by atoms with Gasteiger partial charge in [-0.1, -0.05) is 23.5 Å². The molecule has 1 saturated heterocycles. The second kappa shape index (κ2) is 6.33. The number of ether oxygens (including phenoxy) is 1. The number of anilines is 1. The molecular weight excluding hydrogens is 316 g/mol. The van der Waals surface area contributed by atoms with Crippen LogP contribution in [0.15, 0.2) is 24.3 Å². The first kappa shape index (κ1) is 15.4. The molecule has 3 rings (SSSR count). The van der Waals surface area contributed by atoms with Crippen molar-refractivity contribution >= 4 is 28.3 Å². The normalized spacial score (nSPS) is 17.4. The molecule has 1 aromatic carbocycles. The molecule has 0 unspecified atom stereocenters. The summed E-state index contributed by atoms with van der Waals surface area (Å²) >= 11 is 1.27. The van der Waals surface area contributed by atoms with Gasteiger partial charge in [0.05, 0.1) is 18.6 Å². The summed E-state index contributed by atoms with van der Waals surface area (Å²) in [4.78, 5) is 25.3. The maximum atomic E-state index is 12.2. The number of carbonyl (C=O) groups excluding carboxylic acids is 2. The van der Waals surface area contributed by atoms with E-state index in [0.717, 1.165) is 5.56 Å². The molecule has 2 amide bonds. The molecule has 1 N–H and O–H groups in total. The number of aromatic nitrogens is 2. The molecule has 2 aromatic rings. The quantitative estimate of drug-likeness (QED) is 0.920. The number of carbonyl (C=O) groups is 2. The van der Waals surface area contributed by atoms with Gasteiger partial charge in [0.15, 0.2) is 5.01 Å². The number of amides is 2. The zero-order valence-electron chi connectivity index (χ0n) is 12.8. The largest absolute Gasteiger partial charge is 0.496 e. The SMILES string of the molecule is COc1ccccc1-c1nnc(NC(=O)[C@H]2CC(=O)N(C)C2)s1. The van der Waals surface area contributed by atoms with Crippen LogP contribution < -0.4 is 10.1 Å². The minimum absolute atomic E-state index is 0.0166. The topological polar surface area (TPSA) is 84.4 Å². The fourth-order valence-electron chi connectivity index (χ4n) is 2.45. The zero-order valence-corrected chi connectivity index (χ0v) is 13.6. The Kier molecular flexibility index (Phi) is 4.24. The van der Waals surface area contributed by atoms with E-state index in [9.17, 15) is 9.59 Å². The van der Waals surface area contributed by atoms with E-state index in [1.807, 2.05) is 24.3 Å². The van der Waals surface area contributed by atoms with Crippen molar-refractivity contribution in [1.82, 2.24) is 15.1 Å². The van der Waals surface area contributed by atoms with E-state index in [-0.39, 0.29) is 24.2 Å². The van der Waals surface area contributed by atoms with E-state index in [0.29, 0.717) is 22.4 Å². The smallest absolute Gasteiger partial charge is 0.231 e. The lowest BCUT2D eigenvalue weighted by Gasteiger charge is -2.08. The highest BCUT2D eigenvalue weighted by Gasteiger charge is 2.32. The van der Waals surface area contributed by atoms with Crippen molar-refractivity contribution in [3.05, 3.63) is 24.3 Å². The van der Waals surface area contributed by atoms with Crippen LogP contribution in [-0.4, -0.2) is 47.6 Å². The van der Waals surface area contributed by atoms with Gasteiger partial charge in [-0.3, -0.25) is 9.59 Å². The van der Waals surface area contributed by atoms with Gasteiger partial charge in [-0.05, 0) is 12.1 Å². The summed E-state index contributed by atoms with van der Waals surface area (Å²) in [5.41, 5.74) is 0.823. The average molecular weight is 332 g/mol. The number of likely N-dealkylation sites (tertiary alicyclic amines) is 1. The second-order valence-electron chi connectivity index (χ2n) is 5.28. The number of nitrogens with one attached hydrogen (secondary N) is 1. The van der Waals surface area contributed by atoms with Crippen LogP contribution in [0, 0.1) is 5.92 Å². The molecule has 0 bridgehead atoms. The number of benzene rings is 1. The minimum atomic E-state index is -0.342. The third-order valence-corrected chi connectivity index (χ3v) is 4.58. The molecule has 1 aliphatic heterocycles. The third-order valence-electron chi connectivity index (χ3n) is 3.70. The summed E-state index contributed by atoms with van der Waals surface area (Å²) in [5, 5.41) is 11.9. The van der Waals surface area contributed by atoms with Gasteiger partial charge in [0.2, 0.25) is 16.9 Å². The Balaban J connectivity index is 1.73. The van der Waals surface area contributed by atoms with Crippen LogP contribution in [-0.2, 0) is 9.59 Å². The van der Waals surface area contributed by atoms with Crippen molar-refractivity contribution in [3.63, 3.8) is 0 Å². The number of nitrogens with zero attached hydrogens (tertiary/aromatic N) is 3. The molecule has 0 aliphatic carbocycles. The minimum Gasteiger partial charge on any atom is -0.496 e. The Hall–Kier alpha value is -2.48. The van der Waals surface area contributed by atoms with Gasteiger partial charge in [0.25, 0.3) is 0 Å². The first-order valence-corrected chi connectivity index (χ1v) is 7.92. The average Bonchev–Trinajstić information content (AvgIpc) is 3.14. The fourth-order valence-corrected chi connectivity index (χ4v) is 3.23. The van der Waals surface area contributed by atoms with E-state index in [1.165, 1.54) is 11.3 Å². The highest BCUT2D eigenvalue weighted by molar-refractivity contribution is 7.18. The van der Waals surface area contributed by atoms with E-state index >= 15 is 0 Å². The summed E-state index contributed by atoms with van der Waals surface area (Å²) in [6, 6.07) is 7.49. The Morgan fingerprint density at radius 2 is 2.17 bits per heavy atom. The van der Waals surface area contributed by atoms with Crippen molar-refractivity contribution in [2.75, 3.05) is 26.0 Å². The van der Waals surface area contributed by atoms with E-state index in [2.05, 4.69) is 15.5 Å². The summed E-state index contributed by atoms with van der Waals surface area (Å²) in [6.07, 6.45) is 0.237. The van der Waals surface area contributed by atoms with E-state index in [1.54, 1.807) is 19.1 Å². The number of rotatable bonds is 4. The third kappa shape index (κ3) is 3.16. The fraction of sp³-hybridized carbons (Fsp3) is 0.333. The van der Waals surface area contributed by atoms with Crippen LogP contribution in [0.25, 0.3) is 10.6 Å². The van der Waals surface area contributed by atoms with Crippen molar-refractivity contribution in [2.45, 2.75) is 6.42 Å². The molecule has 0 radical (unpaired) electrons. The Labute approximate surface area is 137 Å². The number of hydrogen-bond acceptors (Lipinski definition) is 6. The summed E-state index contributed by atoms with van der Waals surface area (Å²) in [6.45, 7) is 0.433. The number of methoxy groups -OCH3 is 1. The van der Waals surface area contributed by atoms with Gasteiger partial charge in [-0.2, -0.15) is 0 Å². The lowest BCUT2D eigenvalue weighted by atomic mass is 10.1. The molecule has 2 heterocycles. The molecule has 8 heteroatoms. The number of para-hydroxylation sites is 1. The summed E-state index contributed by atoms with van der Waals surface area (Å²) < 4.78 is 5.30. The van der Waals surface area contributed by atoms with Crippen molar-refractivity contribution in [2.24, 2.45) is 5.92 Å². The van der Waals surface area contributed by atoms with Gasteiger partial charge in [0.1, 0.15) is 5.75 Å². The molecule has 1 fully saturated rings. The monoisotopic (exact) mass is 332 g/mol. The molecule has 7 nitrogen and oxygen atoms in total. The zero-order chi connectivity index (χ0) is 16.4. The first-order valence-electron chi connectivity index (χ1n) is 7.10. The van der Waals surface area contributed by atoms with Crippen LogP contribution in [0.3, 0.4) is 0 Å². The first-order chi connectivity index (χ1) is 11.1. The Morgan fingerprint density at radius 1 is 1.39 bits per heavy atom. The van der Waals surface area contributed by atoms with Crippen LogP contribution >= 0.6 is 11.3 Å². The van der Waals surface area contributed by atoms with Gasteiger partial charge < -0.3 is 15.0 Å². The van der Waals surface area contributed by atoms with Crippen molar-refractivity contribution in [3.8, 4) is 16.3 Å². The molecule has 23 heavy (non-hydrogen) atoms. The van der Waals surface area contributed by atoms with Crippen molar-refractivity contribution < 1.29 is 14.3 Å². The second-order valence-corrected chi connectivity index (χ2v) is 6.25. The van der Waals surface area contributed by atoms with Crippen LogP contribution in [0.4, 0.5) is 5.13 Å². The van der Waals surface area contributed by atoms with Gasteiger partial charge in [-0.25, -0.2) is 0 Å². The van der Waals surface area contributed by atoms with E-state index in [4.69, 9.17) is 4.74 Å². The Bertz CT molecular complexity index is 746. The highest BCUT2D eigenvalue weighted by atomic mass is 32.1. The number of hydrogen-bond donors (Lipinski definition) is 1. The summed E-state index contributed by atoms with van der Waals surface area (Å²) in [7, 11) is 3.29. The molecule has 0 saturated carbocycles. The Morgan fingerprint density at radius 3 is 2.87 bits per heavy atom. The highest BCUT2D eigenvalue weighted by Crippen LogP contribution is 2.33. The van der Waals surface area contributed by atoms with Crippen molar-refractivity contribution in [1.29, 1.82) is 0 Å². The predicted octanol–water partition coefficient (Wildman–Crippen LogP) is 1.63. The van der Waals surface area contributed by atoms with Crippen LogP contribution in [0.1, 0.15) is 6.42 Å². The lowest BCUT2D eigenvalue weighted by molar-refractivity contribution is -0.127. The lowest BCUT2D eigenvalue weighted by Crippen LogP contribution is -2.25. The molecule has 120 valence electrons. The standard InChI is InChI=1S/C15H16N4O3S/c1-19-8-9(7-12(19)20)13(21)16-15-18-17-14(23-15)10-5-3-4-6-11(10)22-2/h3-6,9H,7-8H2,1-2H3,(H,16,18,21)/t9-/m0/s1. The van der Waals surface area contributed by atoms with Gasteiger partial charge in [-0.15, -0.1) is 10.2 Å². The molecule has 1 aromatic heterocycles. The molecule has 0 spiro atoms. The van der Waals surface area contributed by atoms with Gasteiger partial charge >= 0.3 is 0 Å². The molecule has 1 atom stereocenters. The van der Waals surface area contributed by atoms with E-state index < -0.39 is 0 Å². The maximum absolute atomic E-state index is 12.2. The predicted molar refractivity (Wildman–Crippen MR) is 86.3 cm³/mol. The molecular formula is C15H16N4O3S. The molecule has 1 aliphatic rings. The maximum Gasteiger partial charge on any atom is 0.231 e.